The number of carbonyl (C=O) groups is 3. The largest absolute Gasteiger partial charge is 0.340 e. The molecular weight excluding hydrogens is 337 g/mol. The third kappa shape index (κ3) is 3.18. The number of imide groups is 1. The molecule has 1 heterocycles. The van der Waals surface area contributed by atoms with Crippen LogP contribution >= 0.6 is 0 Å². The van der Waals surface area contributed by atoms with Gasteiger partial charge in [0.1, 0.15) is 17.9 Å². The summed E-state index contributed by atoms with van der Waals surface area (Å²) in [7, 11) is 1.53. The molecule has 0 bridgehead atoms. The molecule has 4 amide bonds. The number of nitrogens with one attached hydrogen (secondary N) is 1. The van der Waals surface area contributed by atoms with Crippen LogP contribution in [0.4, 0.5) is 9.18 Å². The Morgan fingerprint density at radius 3 is 2.77 bits per heavy atom. The quantitative estimate of drug-likeness (QED) is 0.837. The highest BCUT2D eigenvalue weighted by atomic mass is 19.1. The van der Waals surface area contributed by atoms with Crippen LogP contribution in [0.15, 0.2) is 24.3 Å². The van der Waals surface area contributed by atoms with Crippen LogP contribution < -0.4 is 5.32 Å². The lowest BCUT2D eigenvalue weighted by molar-refractivity contribution is -0.140. The van der Waals surface area contributed by atoms with E-state index in [9.17, 15) is 18.8 Å². The lowest BCUT2D eigenvalue weighted by atomic mass is 9.73. The summed E-state index contributed by atoms with van der Waals surface area (Å²) in [6.45, 7) is 1.72. The van der Waals surface area contributed by atoms with Gasteiger partial charge < -0.3 is 10.2 Å². The summed E-state index contributed by atoms with van der Waals surface area (Å²) in [4.78, 5) is 40.0. The van der Waals surface area contributed by atoms with Gasteiger partial charge in [-0.2, -0.15) is 0 Å². The normalized spacial score (nSPS) is 25.5. The van der Waals surface area contributed by atoms with Crippen LogP contribution in [-0.4, -0.2) is 46.8 Å². The zero-order chi connectivity index (χ0) is 18.9. The van der Waals surface area contributed by atoms with Crippen LogP contribution in [0.2, 0.25) is 0 Å². The molecule has 1 aliphatic heterocycles. The van der Waals surface area contributed by atoms with E-state index in [4.69, 9.17) is 0 Å². The zero-order valence-corrected chi connectivity index (χ0v) is 15.1. The average Bonchev–Trinajstić information content (AvgIpc) is 2.84. The van der Waals surface area contributed by atoms with Crippen molar-refractivity contribution in [3.8, 4) is 0 Å². The summed E-state index contributed by atoms with van der Waals surface area (Å²) in [5.74, 6) is -1.07. The summed E-state index contributed by atoms with van der Waals surface area (Å²) >= 11 is 0. The van der Waals surface area contributed by atoms with Crippen molar-refractivity contribution in [1.82, 2.24) is 15.1 Å². The zero-order valence-electron chi connectivity index (χ0n) is 15.1. The van der Waals surface area contributed by atoms with E-state index in [0.29, 0.717) is 12.0 Å². The van der Waals surface area contributed by atoms with Crippen LogP contribution in [0.1, 0.15) is 38.2 Å². The van der Waals surface area contributed by atoms with Gasteiger partial charge in [-0.05, 0) is 24.8 Å². The number of carbonyl (C=O) groups excluding carboxylic acids is 3. The lowest BCUT2D eigenvalue weighted by Gasteiger charge is -2.36. The Labute approximate surface area is 152 Å². The number of benzene rings is 1. The molecule has 1 saturated heterocycles. The van der Waals surface area contributed by atoms with E-state index in [1.165, 1.54) is 18.0 Å². The minimum Gasteiger partial charge on any atom is -0.340 e. The molecule has 0 unspecified atom stereocenters. The molecule has 140 valence electrons. The molecule has 0 radical (unpaired) electrons. The maximum absolute atomic E-state index is 13.8. The van der Waals surface area contributed by atoms with Gasteiger partial charge in [0.15, 0.2) is 0 Å². The van der Waals surface area contributed by atoms with E-state index < -0.39 is 23.3 Å². The highest BCUT2D eigenvalue weighted by molar-refractivity contribution is 6.09. The maximum Gasteiger partial charge on any atom is 0.325 e. The van der Waals surface area contributed by atoms with E-state index >= 15 is 0 Å². The van der Waals surface area contributed by atoms with Crippen molar-refractivity contribution >= 4 is 17.8 Å². The molecule has 0 aromatic heterocycles. The Bertz CT molecular complexity index is 738. The van der Waals surface area contributed by atoms with Crippen molar-refractivity contribution in [3.05, 3.63) is 35.6 Å². The van der Waals surface area contributed by atoms with E-state index in [1.54, 1.807) is 18.2 Å². The third-order valence-corrected chi connectivity index (χ3v) is 5.59. The monoisotopic (exact) mass is 361 g/mol. The fourth-order valence-corrected chi connectivity index (χ4v) is 3.87. The molecule has 1 N–H and O–H groups in total. The molecule has 3 rings (SSSR count). The van der Waals surface area contributed by atoms with Crippen molar-refractivity contribution in [1.29, 1.82) is 0 Å². The Kier molecular flexibility index (Phi) is 4.98. The molecule has 1 spiro atoms. The number of likely N-dealkylation sites (N-methyl/N-ethyl adjacent to an activating group) is 1. The SMILES string of the molecule is C[C@H]1CCCC[C@@]12NC(=O)N(CC(=O)N(C)Cc1ccccc1F)C2=O. The topological polar surface area (TPSA) is 69.7 Å². The third-order valence-electron chi connectivity index (χ3n) is 5.59. The van der Waals surface area contributed by atoms with Gasteiger partial charge in [0.2, 0.25) is 5.91 Å². The molecule has 1 saturated carbocycles. The summed E-state index contributed by atoms with van der Waals surface area (Å²) < 4.78 is 13.8. The molecule has 1 aromatic carbocycles. The first-order chi connectivity index (χ1) is 12.3. The van der Waals surface area contributed by atoms with E-state index in [-0.39, 0.29) is 24.9 Å². The van der Waals surface area contributed by atoms with Crippen LogP contribution in [0, 0.1) is 11.7 Å². The van der Waals surface area contributed by atoms with Crippen molar-refractivity contribution in [2.75, 3.05) is 13.6 Å². The first kappa shape index (κ1) is 18.4. The number of nitrogens with zero attached hydrogens (tertiary/aromatic N) is 2. The summed E-state index contributed by atoms with van der Waals surface area (Å²) in [6.07, 6.45) is 3.40. The van der Waals surface area contributed by atoms with Crippen LogP contribution in [0.3, 0.4) is 0 Å². The number of hydrogen-bond donors (Lipinski definition) is 1. The Morgan fingerprint density at radius 2 is 2.08 bits per heavy atom. The summed E-state index contributed by atoms with van der Waals surface area (Å²) in [5, 5.41) is 2.83. The molecule has 6 nitrogen and oxygen atoms in total. The van der Waals surface area contributed by atoms with Crippen LogP contribution in [0.5, 0.6) is 0 Å². The average molecular weight is 361 g/mol. The smallest absolute Gasteiger partial charge is 0.325 e. The van der Waals surface area contributed by atoms with Crippen molar-refractivity contribution < 1.29 is 18.8 Å². The van der Waals surface area contributed by atoms with Gasteiger partial charge in [-0.25, -0.2) is 9.18 Å². The standard InChI is InChI=1S/C19H24FN3O3/c1-13-7-5-6-10-19(13)17(25)23(18(26)21-19)12-16(24)22(2)11-14-8-3-4-9-15(14)20/h3-4,8-9,13H,5-7,10-12H2,1-2H3,(H,21,26)/t13-,19+/m0/s1. The predicted molar refractivity (Wildman–Crippen MR) is 93.5 cm³/mol. The highest BCUT2D eigenvalue weighted by Crippen LogP contribution is 2.38. The second kappa shape index (κ2) is 7.05. The highest BCUT2D eigenvalue weighted by Gasteiger charge is 2.55. The Morgan fingerprint density at radius 1 is 1.35 bits per heavy atom. The van der Waals surface area contributed by atoms with Gasteiger partial charge in [0.25, 0.3) is 5.91 Å². The van der Waals surface area contributed by atoms with E-state index in [2.05, 4.69) is 5.32 Å². The Balaban J connectivity index is 1.68. The van der Waals surface area contributed by atoms with Gasteiger partial charge in [0, 0.05) is 19.2 Å². The Hall–Kier alpha value is -2.44. The molecule has 1 aromatic rings. The van der Waals surface area contributed by atoms with E-state index in [1.807, 2.05) is 6.92 Å². The minimum atomic E-state index is -0.875. The van der Waals surface area contributed by atoms with Gasteiger partial charge >= 0.3 is 6.03 Å². The minimum absolute atomic E-state index is 0.0453. The van der Waals surface area contributed by atoms with Crippen molar-refractivity contribution in [3.63, 3.8) is 0 Å². The number of rotatable bonds is 4. The number of amides is 4. The fraction of sp³-hybridized carbons (Fsp3) is 0.526. The fourth-order valence-electron chi connectivity index (χ4n) is 3.87. The first-order valence-corrected chi connectivity index (χ1v) is 8.96. The molecule has 2 fully saturated rings. The number of hydrogen-bond acceptors (Lipinski definition) is 3. The number of halogens is 1. The second-order valence-corrected chi connectivity index (χ2v) is 7.28. The summed E-state index contributed by atoms with van der Waals surface area (Å²) in [5.41, 5.74) is -0.488. The van der Waals surface area contributed by atoms with Crippen molar-refractivity contribution in [2.24, 2.45) is 5.92 Å². The van der Waals surface area contributed by atoms with Gasteiger partial charge in [-0.15, -0.1) is 0 Å². The van der Waals surface area contributed by atoms with Crippen LogP contribution in [0.25, 0.3) is 0 Å². The molecule has 2 atom stereocenters. The molecule has 26 heavy (non-hydrogen) atoms. The predicted octanol–water partition coefficient (Wildman–Crippen LogP) is 2.28. The maximum atomic E-state index is 13.8. The van der Waals surface area contributed by atoms with Gasteiger partial charge in [-0.3, -0.25) is 14.5 Å². The molecule has 7 heteroatoms. The molecule has 2 aliphatic rings. The summed E-state index contributed by atoms with van der Waals surface area (Å²) in [6, 6.07) is 5.70. The van der Waals surface area contributed by atoms with Gasteiger partial charge in [0.05, 0.1) is 0 Å². The molecule has 1 aliphatic carbocycles. The van der Waals surface area contributed by atoms with E-state index in [0.717, 1.165) is 24.2 Å². The lowest BCUT2D eigenvalue weighted by Crippen LogP contribution is -2.54. The first-order valence-electron chi connectivity index (χ1n) is 8.96. The van der Waals surface area contributed by atoms with Crippen molar-refractivity contribution in [2.45, 2.75) is 44.7 Å². The van der Waals surface area contributed by atoms with Crippen LogP contribution in [-0.2, 0) is 16.1 Å². The molecular formula is C19H24FN3O3. The second-order valence-electron chi connectivity index (χ2n) is 7.28. The van der Waals surface area contributed by atoms with Gasteiger partial charge in [-0.1, -0.05) is 38.0 Å². The number of urea groups is 1.